The van der Waals surface area contributed by atoms with Crippen LogP contribution in [0.1, 0.15) is 16.1 Å². The maximum atomic E-state index is 12.2. The molecule has 4 rings (SSSR count). The average Bonchev–Trinajstić information content (AvgIpc) is 3.36. The van der Waals surface area contributed by atoms with Crippen molar-refractivity contribution in [2.45, 2.75) is 0 Å². The van der Waals surface area contributed by atoms with Crippen molar-refractivity contribution in [3.63, 3.8) is 0 Å². The number of nitro groups is 1. The van der Waals surface area contributed by atoms with Gasteiger partial charge in [-0.25, -0.2) is 5.43 Å². The van der Waals surface area contributed by atoms with Gasteiger partial charge < -0.3 is 13.9 Å². The highest BCUT2D eigenvalue weighted by Gasteiger charge is 2.19. The Hall–Kier alpha value is -3.66. The molecule has 0 unspecified atom stereocenters. The third kappa shape index (κ3) is 3.97. The number of ether oxygens (including phenoxy) is 2. The van der Waals surface area contributed by atoms with Crippen molar-refractivity contribution >= 4 is 33.7 Å². The number of nitrogens with zero attached hydrogens (tertiary/aromatic N) is 2. The highest BCUT2D eigenvalue weighted by atomic mass is 79.9. The van der Waals surface area contributed by atoms with Crippen molar-refractivity contribution in [2.24, 2.45) is 5.10 Å². The van der Waals surface area contributed by atoms with E-state index >= 15 is 0 Å². The molecule has 10 heteroatoms. The lowest BCUT2D eigenvalue weighted by Crippen LogP contribution is -2.17. The van der Waals surface area contributed by atoms with Gasteiger partial charge in [0.2, 0.25) is 6.79 Å². The van der Waals surface area contributed by atoms with Crippen molar-refractivity contribution < 1.29 is 23.6 Å². The van der Waals surface area contributed by atoms with Crippen LogP contribution >= 0.6 is 15.9 Å². The molecule has 0 spiro atoms. The first-order valence-electron chi connectivity index (χ1n) is 8.28. The van der Waals surface area contributed by atoms with Crippen LogP contribution in [0.2, 0.25) is 0 Å². The van der Waals surface area contributed by atoms with Crippen molar-refractivity contribution in [3.8, 4) is 22.8 Å². The number of carbonyl (C=O) groups is 1. The quantitative estimate of drug-likeness (QED) is 0.350. The predicted octanol–water partition coefficient (Wildman–Crippen LogP) is 4.11. The summed E-state index contributed by atoms with van der Waals surface area (Å²) in [6.45, 7) is 0.121. The van der Waals surface area contributed by atoms with E-state index in [0.29, 0.717) is 38.6 Å². The summed E-state index contributed by atoms with van der Waals surface area (Å²) in [5.74, 6) is 1.27. The Kier molecular flexibility index (Phi) is 5.00. The molecule has 146 valence electrons. The molecule has 0 bridgehead atoms. The number of nitro benzene ring substituents is 1. The van der Waals surface area contributed by atoms with Gasteiger partial charge >= 0.3 is 0 Å². The highest BCUT2D eigenvalue weighted by molar-refractivity contribution is 9.10. The summed E-state index contributed by atoms with van der Waals surface area (Å²) < 4.78 is 16.6. The SMILES string of the molecule is O=C(NN=Cc1ccc(-c2ccc(Br)cc2[N+](=O)[O-])o1)c1ccc2c(c1)OCO2. The van der Waals surface area contributed by atoms with Crippen LogP contribution in [-0.2, 0) is 0 Å². The summed E-state index contributed by atoms with van der Waals surface area (Å²) in [7, 11) is 0. The molecule has 0 atom stereocenters. The number of rotatable bonds is 5. The minimum atomic E-state index is -0.484. The van der Waals surface area contributed by atoms with E-state index in [4.69, 9.17) is 13.9 Å². The number of hydrazone groups is 1. The molecule has 2 aromatic carbocycles. The second-order valence-electron chi connectivity index (χ2n) is 5.89. The van der Waals surface area contributed by atoms with E-state index in [1.165, 1.54) is 12.3 Å². The van der Waals surface area contributed by atoms with Gasteiger partial charge in [-0.1, -0.05) is 15.9 Å². The van der Waals surface area contributed by atoms with E-state index in [1.54, 1.807) is 42.5 Å². The van der Waals surface area contributed by atoms with Crippen molar-refractivity contribution in [1.82, 2.24) is 5.43 Å². The van der Waals surface area contributed by atoms with Gasteiger partial charge in [-0.15, -0.1) is 0 Å². The van der Waals surface area contributed by atoms with Crippen molar-refractivity contribution in [1.29, 1.82) is 0 Å². The van der Waals surface area contributed by atoms with Gasteiger partial charge in [0, 0.05) is 16.1 Å². The van der Waals surface area contributed by atoms with Crippen LogP contribution in [0.3, 0.4) is 0 Å². The zero-order valence-corrected chi connectivity index (χ0v) is 16.2. The van der Waals surface area contributed by atoms with Crippen LogP contribution in [0.25, 0.3) is 11.3 Å². The first kappa shape index (κ1) is 18.7. The smallest absolute Gasteiger partial charge is 0.281 e. The van der Waals surface area contributed by atoms with Crippen LogP contribution in [0.15, 0.2) is 62.5 Å². The highest BCUT2D eigenvalue weighted by Crippen LogP contribution is 2.33. The normalized spacial score (nSPS) is 12.3. The summed E-state index contributed by atoms with van der Waals surface area (Å²) in [4.78, 5) is 23.0. The summed E-state index contributed by atoms with van der Waals surface area (Å²) in [5, 5.41) is 15.1. The number of hydrogen-bond acceptors (Lipinski definition) is 7. The molecule has 0 radical (unpaired) electrons. The monoisotopic (exact) mass is 457 g/mol. The molecule has 0 saturated carbocycles. The van der Waals surface area contributed by atoms with Crippen molar-refractivity contribution in [3.05, 3.63) is 74.4 Å². The van der Waals surface area contributed by atoms with Crippen LogP contribution in [0.4, 0.5) is 5.69 Å². The predicted molar refractivity (Wildman–Crippen MR) is 106 cm³/mol. The van der Waals surface area contributed by atoms with E-state index in [0.717, 1.165) is 0 Å². The molecular formula is C19H12BrN3O6. The maximum absolute atomic E-state index is 12.2. The fourth-order valence-electron chi connectivity index (χ4n) is 2.69. The average molecular weight is 458 g/mol. The van der Waals surface area contributed by atoms with Gasteiger partial charge in [-0.3, -0.25) is 14.9 Å². The van der Waals surface area contributed by atoms with Crippen LogP contribution in [-0.4, -0.2) is 23.8 Å². The molecule has 2 heterocycles. The summed E-state index contributed by atoms with van der Waals surface area (Å²) >= 11 is 3.21. The van der Waals surface area contributed by atoms with Gasteiger partial charge in [0.15, 0.2) is 11.5 Å². The van der Waals surface area contributed by atoms with E-state index in [-0.39, 0.29) is 12.5 Å². The third-order valence-corrected chi connectivity index (χ3v) is 4.53. The van der Waals surface area contributed by atoms with Gasteiger partial charge in [-0.05, 0) is 42.5 Å². The topological polar surface area (TPSA) is 116 Å². The number of nitrogens with one attached hydrogen (secondary N) is 1. The molecule has 1 amide bonds. The number of halogens is 1. The standard InChI is InChI=1S/C19H12BrN3O6/c20-12-2-4-14(15(8-12)23(25)26)16-6-3-13(29-16)9-21-22-19(24)11-1-5-17-18(7-11)28-10-27-17/h1-9H,10H2,(H,22,24). The number of furan rings is 1. The Morgan fingerprint density at radius 3 is 2.79 bits per heavy atom. The molecule has 29 heavy (non-hydrogen) atoms. The molecule has 1 aliphatic rings. The first-order chi connectivity index (χ1) is 14.0. The number of hydrogen-bond donors (Lipinski definition) is 1. The van der Waals surface area contributed by atoms with Crippen molar-refractivity contribution in [2.75, 3.05) is 6.79 Å². The molecule has 1 N–H and O–H groups in total. The molecule has 1 aromatic heterocycles. The lowest BCUT2D eigenvalue weighted by molar-refractivity contribution is -0.384. The Balaban J connectivity index is 1.46. The number of fused-ring (bicyclic) bond motifs is 1. The minimum absolute atomic E-state index is 0.0895. The Bertz CT molecular complexity index is 1140. The number of carbonyl (C=O) groups excluding carboxylic acids is 1. The zero-order chi connectivity index (χ0) is 20.4. The minimum Gasteiger partial charge on any atom is -0.455 e. The molecule has 9 nitrogen and oxygen atoms in total. The Labute approximate surface area is 172 Å². The fourth-order valence-corrected chi connectivity index (χ4v) is 3.04. The van der Waals surface area contributed by atoms with E-state index < -0.39 is 10.8 Å². The van der Waals surface area contributed by atoms with Crippen LogP contribution in [0.5, 0.6) is 11.5 Å². The Morgan fingerprint density at radius 1 is 1.14 bits per heavy atom. The lowest BCUT2D eigenvalue weighted by Gasteiger charge is -2.01. The third-order valence-electron chi connectivity index (χ3n) is 4.04. The van der Waals surface area contributed by atoms with E-state index in [2.05, 4.69) is 26.5 Å². The van der Waals surface area contributed by atoms with E-state index in [9.17, 15) is 14.9 Å². The number of amides is 1. The molecule has 1 aliphatic heterocycles. The van der Waals surface area contributed by atoms with Gasteiger partial charge in [-0.2, -0.15) is 5.10 Å². The molecule has 0 saturated heterocycles. The summed E-state index contributed by atoms with van der Waals surface area (Å²) in [6, 6.07) is 12.7. The van der Waals surface area contributed by atoms with Crippen LogP contribution in [0, 0.1) is 10.1 Å². The lowest BCUT2D eigenvalue weighted by atomic mass is 10.1. The van der Waals surface area contributed by atoms with Gasteiger partial charge in [0.05, 0.1) is 16.7 Å². The molecule has 0 fully saturated rings. The summed E-state index contributed by atoms with van der Waals surface area (Å²) in [6.07, 6.45) is 1.30. The fraction of sp³-hybridized carbons (Fsp3) is 0.0526. The molecule has 3 aromatic rings. The zero-order valence-electron chi connectivity index (χ0n) is 14.6. The van der Waals surface area contributed by atoms with Gasteiger partial charge in [0.25, 0.3) is 11.6 Å². The summed E-state index contributed by atoms with van der Waals surface area (Å²) in [5.41, 5.74) is 2.99. The molecule has 0 aliphatic carbocycles. The Morgan fingerprint density at radius 2 is 1.97 bits per heavy atom. The second-order valence-corrected chi connectivity index (χ2v) is 6.80. The maximum Gasteiger partial charge on any atom is 0.281 e. The largest absolute Gasteiger partial charge is 0.455 e. The van der Waals surface area contributed by atoms with Gasteiger partial charge in [0.1, 0.15) is 11.5 Å². The number of benzene rings is 2. The molecular weight excluding hydrogens is 446 g/mol. The van der Waals surface area contributed by atoms with Crippen LogP contribution < -0.4 is 14.9 Å². The first-order valence-corrected chi connectivity index (χ1v) is 9.08. The second kappa shape index (κ2) is 7.76. The van der Waals surface area contributed by atoms with E-state index in [1.807, 2.05) is 0 Å².